The van der Waals surface area contributed by atoms with E-state index in [9.17, 15) is 14.0 Å². The minimum Gasteiger partial charge on any atom is -0.358 e. The van der Waals surface area contributed by atoms with Crippen molar-refractivity contribution in [2.24, 2.45) is 0 Å². The number of hydrogen-bond donors (Lipinski definition) is 3. The van der Waals surface area contributed by atoms with Gasteiger partial charge in [-0.2, -0.15) is 0 Å². The van der Waals surface area contributed by atoms with Crippen molar-refractivity contribution in [2.45, 2.75) is 20.4 Å². The molecule has 0 atom stereocenters. The van der Waals surface area contributed by atoms with E-state index in [1.165, 1.54) is 17.7 Å². The number of carbonyl (C=O) groups is 2. The highest BCUT2D eigenvalue weighted by molar-refractivity contribution is 6.34. The summed E-state index contributed by atoms with van der Waals surface area (Å²) in [6.45, 7) is 10.0. The van der Waals surface area contributed by atoms with E-state index in [-0.39, 0.29) is 11.8 Å². The van der Waals surface area contributed by atoms with Crippen LogP contribution in [0.2, 0.25) is 0 Å². The van der Waals surface area contributed by atoms with Crippen LogP contribution in [0, 0.1) is 19.7 Å². The summed E-state index contributed by atoms with van der Waals surface area (Å²) in [6, 6.07) is 14.7. The molecule has 37 heavy (non-hydrogen) atoms. The number of halogens is 1. The molecule has 2 aromatic carbocycles. The smallest absolute Gasteiger partial charge is 0.256 e. The predicted octanol–water partition coefficient (Wildman–Crippen LogP) is 3.81. The molecule has 0 saturated carbocycles. The Balaban J connectivity index is 1.17. The van der Waals surface area contributed by atoms with Gasteiger partial charge in [-0.05, 0) is 49.2 Å². The van der Waals surface area contributed by atoms with Gasteiger partial charge in [-0.25, -0.2) is 4.39 Å². The van der Waals surface area contributed by atoms with E-state index < -0.39 is 5.82 Å². The maximum absolute atomic E-state index is 13.8. The number of rotatable bonds is 7. The second-order valence-electron chi connectivity index (χ2n) is 9.73. The third kappa shape index (κ3) is 5.50. The minimum atomic E-state index is -0.404. The highest BCUT2D eigenvalue weighted by Crippen LogP contribution is 2.34. The van der Waals surface area contributed by atoms with Crippen LogP contribution in [0.1, 0.15) is 38.4 Å². The van der Waals surface area contributed by atoms with Gasteiger partial charge in [-0.1, -0.05) is 30.3 Å². The molecule has 0 bridgehead atoms. The SMILES string of the molecule is Cc1[nH]c(/C=C2\C(=O)Nc3ccc(F)cc32)c(C)c1C(=O)NCCN1CCN(Cc2ccccc2)CC1. The summed E-state index contributed by atoms with van der Waals surface area (Å²) in [4.78, 5) is 33.6. The average Bonchev–Trinajstić information content (AvgIpc) is 3.35. The number of piperazine rings is 1. The lowest BCUT2D eigenvalue weighted by Gasteiger charge is -2.34. The van der Waals surface area contributed by atoms with Crippen LogP contribution in [0.25, 0.3) is 11.6 Å². The summed E-state index contributed by atoms with van der Waals surface area (Å²) < 4.78 is 13.8. The third-order valence-electron chi connectivity index (χ3n) is 7.18. The summed E-state index contributed by atoms with van der Waals surface area (Å²) in [7, 11) is 0. The first-order chi connectivity index (χ1) is 17.9. The number of nitrogens with zero attached hydrogens (tertiary/aromatic N) is 2. The summed E-state index contributed by atoms with van der Waals surface area (Å²) in [6.07, 6.45) is 1.69. The van der Waals surface area contributed by atoms with E-state index in [1.54, 1.807) is 12.1 Å². The molecule has 0 radical (unpaired) electrons. The maximum atomic E-state index is 13.8. The van der Waals surface area contributed by atoms with Crippen molar-refractivity contribution >= 4 is 29.2 Å². The van der Waals surface area contributed by atoms with Crippen molar-refractivity contribution in [2.75, 3.05) is 44.6 Å². The van der Waals surface area contributed by atoms with Crippen molar-refractivity contribution in [1.29, 1.82) is 0 Å². The molecular weight excluding hydrogens is 469 g/mol. The number of H-pyrrole nitrogens is 1. The lowest BCUT2D eigenvalue weighted by molar-refractivity contribution is -0.110. The molecule has 0 spiro atoms. The monoisotopic (exact) mass is 501 g/mol. The molecule has 0 unspecified atom stereocenters. The molecule has 2 amide bonds. The van der Waals surface area contributed by atoms with Gasteiger partial charge in [0.15, 0.2) is 0 Å². The zero-order valence-corrected chi connectivity index (χ0v) is 21.2. The van der Waals surface area contributed by atoms with Crippen LogP contribution in [0.5, 0.6) is 0 Å². The molecule has 7 nitrogen and oxygen atoms in total. The number of anilines is 1. The molecule has 0 aliphatic carbocycles. The van der Waals surface area contributed by atoms with Crippen LogP contribution in [0.4, 0.5) is 10.1 Å². The normalized spacial score (nSPS) is 17.2. The van der Waals surface area contributed by atoms with Gasteiger partial charge in [-0.3, -0.25) is 19.4 Å². The Labute approximate surface area is 216 Å². The van der Waals surface area contributed by atoms with Crippen molar-refractivity contribution < 1.29 is 14.0 Å². The standard InChI is InChI=1S/C29H32FN5O2/c1-19-26(17-24-23-16-22(30)8-9-25(23)33-28(24)36)32-20(2)27(19)29(37)31-10-11-34-12-14-35(15-13-34)18-21-6-4-3-5-7-21/h3-9,16-17,32H,10-15,18H2,1-2H3,(H,31,37)(H,33,36)/b24-17-. The second-order valence-corrected chi connectivity index (χ2v) is 9.73. The van der Waals surface area contributed by atoms with Crippen LogP contribution in [-0.2, 0) is 11.3 Å². The largest absolute Gasteiger partial charge is 0.358 e. The van der Waals surface area contributed by atoms with Gasteiger partial charge in [0, 0.05) is 68.5 Å². The van der Waals surface area contributed by atoms with E-state index >= 15 is 0 Å². The maximum Gasteiger partial charge on any atom is 0.256 e. The topological polar surface area (TPSA) is 80.5 Å². The number of hydrogen-bond acceptors (Lipinski definition) is 4. The molecule has 1 aromatic heterocycles. The van der Waals surface area contributed by atoms with Gasteiger partial charge in [0.2, 0.25) is 0 Å². The molecular formula is C29H32FN5O2. The molecule has 1 saturated heterocycles. The average molecular weight is 502 g/mol. The molecule has 3 heterocycles. The second kappa shape index (κ2) is 10.7. The zero-order valence-electron chi connectivity index (χ0n) is 21.2. The van der Waals surface area contributed by atoms with Crippen LogP contribution < -0.4 is 10.6 Å². The molecule has 8 heteroatoms. The van der Waals surface area contributed by atoms with E-state index in [1.807, 2.05) is 19.9 Å². The van der Waals surface area contributed by atoms with E-state index in [2.05, 4.69) is 49.7 Å². The van der Waals surface area contributed by atoms with Gasteiger partial charge < -0.3 is 15.6 Å². The number of benzene rings is 2. The Bertz CT molecular complexity index is 1340. The highest BCUT2D eigenvalue weighted by Gasteiger charge is 2.26. The fraction of sp³-hybridized carbons (Fsp3) is 0.310. The van der Waals surface area contributed by atoms with Crippen LogP contribution in [0.3, 0.4) is 0 Å². The van der Waals surface area contributed by atoms with Gasteiger partial charge in [0.25, 0.3) is 11.8 Å². The lowest BCUT2D eigenvalue weighted by atomic mass is 10.0. The fourth-order valence-electron chi connectivity index (χ4n) is 5.14. The van der Waals surface area contributed by atoms with Gasteiger partial charge >= 0.3 is 0 Å². The summed E-state index contributed by atoms with van der Waals surface area (Å²) in [5.41, 5.74) is 5.54. The number of nitrogens with one attached hydrogen (secondary N) is 3. The summed E-state index contributed by atoms with van der Waals surface area (Å²) in [5.74, 6) is -0.832. The first kappa shape index (κ1) is 24.9. The van der Waals surface area contributed by atoms with Crippen LogP contribution >= 0.6 is 0 Å². The van der Waals surface area contributed by atoms with Crippen molar-refractivity contribution in [3.05, 3.63) is 88.0 Å². The van der Waals surface area contributed by atoms with Gasteiger partial charge in [-0.15, -0.1) is 0 Å². The first-order valence-corrected chi connectivity index (χ1v) is 12.7. The summed E-state index contributed by atoms with van der Waals surface area (Å²) in [5, 5.41) is 5.81. The Morgan fingerprint density at radius 2 is 1.78 bits per heavy atom. The lowest BCUT2D eigenvalue weighted by Crippen LogP contribution is -2.48. The van der Waals surface area contributed by atoms with Crippen LogP contribution in [0.15, 0.2) is 48.5 Å². The molecule has 3 N–H and O–H groups in total. The molecule has 1 fully saturated rings. The van der Waals surface area contributed by atoms with Crippen molar-refractivity contribution in [3.8, 4) is 0 Å². The number of aryl methyl sites for hydroxylation is 1. The number of amides is 2. The number of aromatic amines is 1. The molecule has 2 aliphatic heterocycles. The van der Waals surface area contributed by atoms with Crippen molar-refractivity contribution in [3.63, 3.8) is 0 Å². The predicted molar refractivity (Wildman–Crippen MR) is 144 cm³/mol. The Kier molecular flexibility index (Phi) is 7.21. The first-order valence-electron chi connectivity index (χ1n) is 12.7. The van der Waals surface area contributed by atoms with Gasteiger partial charge in [0.05, 0.1) is 11.1 Å². The van der Waals surface area contributed by atoms with E-state index in [0.717, 1.165) is 50.5 Å². The fourth-order valence-corrected chi connectivity index (χ4v) is 5.14. The quantitative estimate of drug-likeness (QED) is 0.430. The number of aromatic nitrogens is 1. The van der Waals surface area contributed by atoms with E-state index in [4.69, 9.17) is 0 Å². The number of fused-ring (bicyclic) bond motifs is 1. The zero-order chi connectivity index (χ0) is 25.9. The van der Waals surface area contributed by atoms with Gasteiger partial charge in [0.1, 0.15) is 5.82 Å². The minimum absolute atomic E-state index is 0.138. The molecule has 2 aliphatic rings. The Hall–Kier alpha value is -3.75. The Morgan fingerprint density at radius 1 is 1.05 bits per heavy atom. The summed E-state index contributed by atoms with van der Waals surface area (Å²) >= 11 is 0. The van der Waals surface area contributed by atoms with Crippen LogP contribution in [-0.4, -0.2) is 65.9 Å². The third-order valence-corrected chi connectivity index (χ3v) is 7.18. The number of carbonyl (C=O) groups excluding carboxylic acids is 2. The molecule has 3 aromatic rings. The highest BCUT2D eigenvalue weighted by atomic mass is 19.1. The van der Waals surface area contributed by atoms with E-state index in [0.29, 0.717) is 34.6 Å². The van der Waals surface area contributed by atoms with Crippen molar-refractivity contribution in [1.82, 2.24) is 20.1 Å². The Morgan fingerprint density at radius 3 is 2.54 bits per heavy atom. The molecule has 5 rings (SSSR count). The molecule has 192 valence electrons.